The Morgan fingerprint density at radius 3 is 2.64 bits per heavy atom. The van der Waals surface area contributed by atoms with E-state index in [2.05, 4.69) is 6.58 Å². The molecule has 0 aliphatic heterocycles. The Morgan fingerprint density at radius 1 is 1.73 bits per heavy atom. The van der Waals surface area contributed by atoms with E-state index in [1.54, 1.807) is 0 Å². The van der Waals surface area contributed by atoms with Crippen LogP contribution in [0.2, 0.25) is 0 Å². The number of carbonyl (C=O) groups is 1. The predicted octanol–water partition coefficient (Wildman–Crippen LogP) is 0.843. The third-order valence-electron chi connectivity index (χ3n) is 1.16. The number of esters is 1. The second kappa shape index (κ2) is 4.13. The van der Waals surface area contributed by atoms with Gasteiger partial charge in [0.2, 0.25) is 0 Å². The minimum absolute atomic E-state index is 0.276. The molecule has 0 fully saturated rings. The van der Waals surface area contributed by atoms with E-state index < -0.39 is 5.97 Å². The highest BCUT2D eigenvalue weighted by Gasteiger charge is 2.10. The van der Waals surface area contributed by atoms with Crippen molar-refractivity contribution in [3.05, 3.63) is 12.7 Å². The molecule has 0 radical (unpaired) electrons. The van der Waals surface area contributed by atoms with Gasteiger partial charge in [-0.25, -0.2) is 4.79 Å². The van der Waals surface area contributed by atoms with Crippen molar-refractivity contribution in [3.8, 4) is 0 Å². The van der Waals surface area contributed by atoms with E-state index in [0.29, 0.717) is 13.0 Å². The molecule has 0 amide bonds. The molecule has 0 aliphatic carbocycles. The first-order valence-electron chi connectivity index (χ1n) is 3.54. The summed E-state index contributed by atoms with van der Waals surface area (Å²) in [7, 11) is 0. The summed E-state index contributed by atoms with van der Waals surface area (Å²) in [5.74, 6) is -0.394. The first kappa shape index (κ1) is 10.2. The van der Waals surface area contributed by atoms with Gasteiger partial charge in [0.05, 0.1) is 6.61 Å². The summed E-state index contributed by atoms with van der Waals surface area (Å²) in [6, 6.07) is 0. The minimum atomic E-state index is -0.394. The Hall–Kier alpha value is -0.830. The third kappa shape index (κ3) is 7.06. The van der Waals surface area contributed by atoms with Crippen LogP contribution in [0.1, 0.15) is 20.3 Å². The van der Waals surface area contributed by atoms with E-state index in [1.165, 1.54) is 0 Å². The van der Waals surface area contributed by atoms with Crippen molar-refractivity contribution in [1.29, 1.82) is 0 Å². The second-order valence-corrected chi connectivity index (χ2v) is 3.11. The van der Waals surface area contributed by atoms with Crippen LogP contribution < -0.4 is 5.73 Å². The first-order valence-corrected chi connectivity index (χ1v) is 3.54. The molecule has 0 saturated heterocycles. The number of hydrogen-bond donors (Lipinski definition) is 1. The van der Waals surface area contributed by atoms with Crippen molar-refractivity contribution < 1.29 is 9.53 Å². The van der Waals surface area contributed by atoms with Gasteiger partial charge in [0.15, 0.2) is 0 Å². The van der Waals surface area contributed by atoms with Crippen LogP contribution in [0.5, 0.6) is 0 Å². The summed E-state index contributed by atoms with van der Waals surface area (Å²) >= 11 is 0. The lowest BCUT2D eigenvalue weighted by Crippen LogP contribution is -2.33. The Bertz CT molecular complexity index is 147. The fourth-order valence-corrected chi connectivity index (χ4v) is 0.474. The van der Waals surface area contributed by atoms with Gasteiger partial charge in [0, 0.05) is 11.6 Å². The molecule has 0 aliphatic rings. The molecule has 3 heteroatoms. The van der Waals surface area contributed by atoms with Crippen molar-refractivity contribution in [1.82, 2.24) is 0 Å². The molecule has 0 rings (SSSR count). The van der Waals surface area contributed by atoms with Crippen LogP contribution >= 0.6 is 0 Å². The average molecular weight is 157 g/mol. The molecule has 0 aromatic carbocycles. The molecule has 0 spiro atoms. The summed E-state index contributed by atoms with van der Waals surface area (Å²) in [4.78, 5) is 10.5. The van der Waals surface area contributed by atoms with E-state index in [-0.39, 0.29) is 5.54 Å². The van der Waals surface area contributed by atoms with Crippen molar-refractivity contribution in [2.24, 2.45) is 5.73 Å². The molecule has 0 unspecified atom stereocenters. The maximum atomic E-state index is 10.5. The highest BCUT2D eigenvalue weighted by atomic mass is 16.5. The van der Waals surface area contributed by atoms with Crippen LogP contribution in [-0.4, -0.2) is 18.1 Å². The topological polar surface area (TPSA) is 52.3 Å². The summed E-state index contributed by atoms with van der Waals surface area (Å²) in [5, 5.41) is 0. The summed E-state index contributed by atoms with van der Waals surface area (Å²) in [6.07, 6.45) is 1.80. The number of carbonyl (C=O) groups excluding carboxylic acids is 1. The fraction of sp³-hybridized carbons (Fsp3) is 0.625. The van der Waals surface area contributed by atoms with Crippen LogP contribution in [0.25, 0.3) is 0 Å². The molecule has 0 aromatic rings. The quantitative estimate of drug-likeness (QED) is 0.486. The Balaban J connectivity index is 3.42. The lowest BCUT2D eigenvalue weighted by molar-refractivity contribution is -0.138. The normalized spacial score (nSPS) is 10.8. The van der Waals surface area contributed by atoms with E-state index in [9.17, 15) is 4.79 Å². The number of rotatable bonds is 4. The van der Waals surface area contributed by atoms with Gasteiger partial charge >= 0.3 is 5.97 Å². The Morgan fingerprint density at radius 2 is 2.27 bits per heavy atom. The molecule has 0 saturated carbocycles. The number of hydrogen-bond acceptors (Lipinski definition) is 3. The molecular weight excluding hydrogens is 142 g/mol. The van der Waals surface area contributed by atoms with Crippen LogP contribution in [0, 0.1) is 0 Å². The molecule has 0 atom stereocenters. The van der Waals surface area contributed by atoms with Gasteiger partial charge in [0.25, 0.3) is 0 Å². The molecule has 11 heavy (non-hydrogen) atoms. The minimum Gasteiger partial charge on any atom is -0.462 e. The lowest BCUT2D eigenvalue weighted by atomic mass is 10.0. The third-order valence-corrected chi connectivity index (χ3v) is 1.16. The molecule has 0 heterocycles. The summed E-state index contributed by atoms with van der Waals surface area (Å²) < 4.78 is 4.73. The molecule has 2 N–H and O–H groups in total. The monoisotopic (exact) mass is 157 g/mol. The van der Waals surface area contributed by atoms with E-state index in [0.717, 1.165) is 6.08 Å². The number of ether oxygens (including phenoxy) is 1. The maximum absolute atomic E-state index is 10.5. The SMILES string of the molecule is C=CC(=O)OCCC(C)(C)N. The van der Waals surface area contributed by atoms with Crippen molar-refractivity contribution in [2.75, 3.05) is 6.61 Å². The molecule has 0 bridgehead atoms. The summed E-state index contributed by atoms with van der Waals surface area (Å²) in [6.45, 7) is 7.39. The zero-order chi connectivity index (χ0) is 8.91. The maximum Gasteiger partial charge on any atom is 0.330 e. The van der Waals surface area contributed by atoms with Crippen molar-refractivity contribution >= 4 is 5.97 Å². The van der Waals surface area contributed by atoms with Crippen molar-refractivity contribution in [2.45, 2.75) is 25.8 Å². The van der Waals surface area contributed by atoms with Crippen LogP contribution in [0.4, 0.5) is 0 Å². The number of nitrogens with two attached hydrogens (primary N) is 1. The van der Waals surface area contributed by atoms with E-state index >= 15 is 0 Å². The highest BCUT2D eigenvalue weighted by Crippen LogP contribution is 2.02. The zero-order valence-electron chi connectivity index (χ0n) is 7.09. The van der Waals surface area contributed by atoms with Gasteiger partial charge in [-0.2, -0.15) is 0 Å². The standard InChI is InChI=1S/C8H15NO2/c1-4-7(10)11-6-5-8(2,3)9/h4H,1,5-6,9H2,2-3H3. The predicted molar refractivity (Wildman–Crippen MR) is 44.0 cm³/mol. The van der Waals surface area contributed by atoms with Crippen LogP contribution in [0.15, 0.2) is 12.7 Å². The van der Waals surface area contributed by atoms with E-state index in [1.807, 2.05) is 13.8 Å². The molecule has 3 nitrogen and oxygen atoms in total. The van der Waals surface area contributed by atoms with Gasteiger partial charge in [-0.15, -0.1) is 0 Å². The zero-order valence-corrected chi connectivity index (χ0v) is 7.09. The van der Waals surface area contributed by atoms with Crippen molar-refractivity contribution in [3.63, 3.8) is 0 Å². The smallest absolute Gasteiger partial charge is 0.330 e. The summed E-state index contributed by atoms with van der Waals surface area (Å²) in [5.41, 5.74) is 5.37. The largest absolute Gasteiger partial charge is 0.462 e. The van der Waals surface area contributed by atoms with Gasteiger partial charge in [-0.3, -0.25) is 0 Å². The molecule has 64 valence electrons. The average Bonchev–Trinajstić information content (AvgIpc) is 1.85. The van der Waals surface area contributed by atoms with Crippen LogP contribution in [0.3, 0.4) is 0 Å². The van der Waals surface area contributed by atoms with E-state index in [4.69, 9.17) is 10.5 Å². The molecule has 0 aromatic heterocycles. The van der Waals surface area contributed by atoms with Gasteiger partial charge in [-0.05, 0) is 20.3 Å². The van der Waals surface area contributed by atoms with Crippen LogP contribution in [-0.2, 0) is 9.53 Å². The Labute approximate surface area is 67.2 Å². The lowest BCUT2D eigenvalue weighted by Gasteiger charge is -2.17. The second-order valence-electron chi connectivity index (χ2n) is 3.11. The van der Waals surface area contributed by atoms with Gasteiger partial charge < -0.3 is 10.5 Å². The van der Waals surface area contributed by atoms with Gasteiger partial charge in [-0.1, -0.05) is 6.58 Å². The molecular formula is C8H15NO2. The first-order chi connectivity index (χ1) is 4.95. The van der Waals surface area contributed by atoms with Gasteiger partial charge in [0.1, 0.15) is 0 Å². The Kier molecular flexibility index (Phi) is 3.82. The highest BCUT2D eigenvalue weighted by molar-refractivity contribution is 5.81. The fourth-order valence-electron chi connectivity index (χ4n) is 0.474.